The molecule has 0 saturated heterocycles. The number of hydrogen-bond acceptors (Lipinski definition) is 0. The van der Waals surface area contributed by atoms with Crippen LogP contribution in [-0.2, 0) is 6.32 Å². The summed E-state index contributed by atoms with van der Waals surface area (Å²) in [5.74, 6) is 2.45. The third-order valence-electron chi connectivity index (χ3n) is 4.71. The molecule has 23 heavy (non-hydrogen) atoms. The number of fused-ring (bicyclic) bond motifs is 1. The van der Waals surface area contributed by atoms with Crippen molar-refractivity contribution >= 4 is 17.7 Å². The van der Waals surface area contributed by atoms with E-state index in [1.54, 1.807) is 0 Å². The van der Waals surface area contributed by atoms with Gasteiger partial charge in [0.25, 0.3) is 0 Å². The van der Waals surface area contributed by atoms with Crippen LogP contribution < -0.4 is 5.46 Å². The quantitative estimate of drug-likeness (QED) is 0.612. The van der Waals surface area contributed by atoms with Crippen LogP contribution in [-0.4, -0.2) is 6.71 Å². The highest BCUT2D eigenvalue weighted by molar-refractivity contribution is 6.78. The molecule has 1 heterocycles. The van der Waals surface area contributed by atoms with E-state index in [0.717, 1.165) is 6.32 Å². The van der Waals surface area contributed by atoms with E-state index in [2.05, 4.69) is 91.8 Å². The lowest BCUT2D eigenvalue weighted by Gasteiger charge is -2.23. The van der Waals surface area contributed by atoms with Crippen molar-refractivity contribution in [1.82, 2.24) is 0 Å². The van der Waals surface area contributed by atoms with E-state index in [9.17, 15) is 0 Å². The molecule has 3 aromatic rings. The second-order valence-electron chi connectivity index (χ2n) is 6.32. The molecule has 0 aromatic heterocycles. The van der Waals surface area contributed by atoms with Gasteiger partial charge in [0.2, 0.25) is 6.71 Å². The van der Waals surface area contributed by atoms with E-state index in [4.69, 9.17) is 0 Å². The van der Waals surface area contributed by atoms with E-state index < -0.39 is 0 Å². The lowest BCUT2D eigenvalue weighted by Crippen LogP contribution is -2.34. The summed E-state index contributed by atoms with van der Waals surface area (Å²) in [5, 5.41) is 0. The molecule has 0 bridgehead atoms. The van der Waals surface area contributed by atoms with Gasteiger partial charge in [0, 0.05) is 0 Å². The average molecular weight is 294 g/mol. The molecule has 4 rings (SSSR count). The largest absolute Gasteiger partial charge is 0.205 e. The van der Waals surface area contributed by atoms with Gasteiger partial charge in [-0.25, -0.2) is 0 Å². The monoisotopic (exact) mass is 294 g/mol. The van der Waals surface area contributed by atoms with E-state index in [1.165, 1.54) is 33.3 Å². The van der Waals surface area contributed by atoms with Crippen molar-refractivity contribution in [2.45, 2.75) is 13.2 Å². The Morgan fingerprint density at radius 3 is 2.22 bits per heavy atom. The van der Waals surface area contributed by atoms with Crippen LogP contribution in [0.4, 0.5) is 0 Å². The Morgan fingerprint density at radius 2 is 1.43 bits per heavy atom. The molecule has 3 aromatic carbocycles. The van der Waals surface area contributed by atoms with Crippen LogP contribution in [0.3, 0.4) is 0 Å². The SMILES string of the molecule is Cc1ccc(B2C=C(c3ccccc3)c3ccccc3C2)cc1. The summed E-state index contributed by atoms with van der Waals surface area (Å²) in [6, 6.07) is 28.5. The molecule has 1 aliphatic rings. The molecular weight excluding hydrogens is 275 g/mol. The molecule has 0 radical (unpaired) electrons. The maximum absolute atomic E-state index is 2.45. The Balaban J connectivity index is 1.84. The van der Waals surface area contributed by atoms with Crippen molar-refractivity contribution in [3.63, 3.8) is 0 Å². The molecule has 0 amide bonds. The Hall–Kier alpha value is -2.54. The predicted octanol–water partition coefficient (Wildman–Crippen LogP) is 4.46. The molecule has 0 aliphatic carbocycles. The van der Waals surface area contributed by atoms with Crippen LogP contribution in [0.25, 0.3) is 5.57 Å². The summed E-state index contributed by atoms with van der Waals surface area (Å²) < 4.78 is 0. The minimum absolute atomic E-state index is 0.445. The second-order valence-corrected chi connectivity index (χ2v) is 6.32. The van der Waals surface area contributed by atoms with Crippen molar-refractivity contribution in [1.29, 1.82) is 0 Å². The maximum atomic E-state index is 2.45. The number of hydrogen-bond donors (Lipinski definition) is 0. The Kier molecular flexibility index (Phi) is 3.63. The third kappa shape index (κ3) is 2.75. The van der Waals surface area contributed by atoms with Gasteiger partial charge in [-0.15, -0.1) is 5.98 Å². The number of rotatable bonds is 2. The normalized spacial score (nSPS) is 13.4. The van der Waals surface area contributed by atoms with Crippen molar-refractivity contribution in [2.75, 3.05) is 0 Å². The molecule has 110 valence electrons. The predicted molar refractivity (Wildman–Crippen MR) is 100 cm³/mol. The second kappa shape index (κ2) is 5.93. The molecule has 0 saturated carbocycles. The first-order valence-electron chi connectivity index (χ1n) is 8.23. The fraction of sp³-hybridized carbons (Fsp3) is 0.0909. The van der Waals surface area contributed by atoms with Crippen LogP contribution >= 0.6 is 0 Å². The van der Waals surface area contributed by atoms with Gasteiger partial charge in [-0.3, -0.25) is 0 Å². The molecule has 0 fully saturated rings. The molecule has 0 spiro atoms. The van der Waals surface area contributed by atoms with Gasteiger partial charge in [0.15, 0.2) is 0 Å². The maximum Gasteiger partial charge on any atom is 0.205 e. The first-order valence-corrected chi connectivity index (χ1v) is 8.23. The summed E-state index contributed by atoms with van der Waals surface area (Å²) in [6.45, 7) is 2.59. The van der Waals surface area contributed by atoms with Crippen LogP contribution in [0.2, 0.25) is 0 Å². The van der Waals surface area contributed by atoms with E-state index in [0.29, 0.717) is 6.71 Å². The first kappa shape index (κ1) is 14.1. The summed E-state index contributed by atoms with van der Waals surface area (Å²) in [4.78, 5) is 0. The Bertz CT molecular complexity index is 845. The zero-order valence-corrected chi connectivity index (χ0v) is 13.4. The number of aryl methyl sites for hydroxylation is 1. The summed E-state index contributed by atoms with van der Waals surface area (Å²) in [5.41, 5.74) is 8.20. The van der Waals surface area contributed by atoms with Crippen LogP contribution in [0, 0.1) is 6.92 Å². The average Bonchev–Trinajstić information content (AvgIpc) is 2.62. The van der Waals surface area contributed by atoms with Gasteiger partial charge in [-0.2, -0.15) is 0 Å². The van der Waals surface area contributed by atoms with Crippen LogP contribution in [0.15, 0.2) is 84.8 Å². The van der Waals surface area contributed by atoms with Crippen LogP contribution in [0.1, 0.15) is 22.3 Å². The van der Waals surface area contributed by atoms with Gasteiger partial charge in [0.1, 0.15) is 0 Å². The standard InChI is InChI=1S/C22H19B/c1-17-11-13-20(14-12-17)23-15-19-9-5-6-10-21(19)22(16-23)18-7-3-2-4-8-18/h2-14,16H,15H2,1H3. The highest BCUT2D eigenvalue weighted by Gasteiger charge is 2.23. The van der Waals surface area contributed by atoms with Gasteiger partial charge in [0.05, 0.1) is 0 Å². The third-order valence-corrected chi connectivity index (χ3v) is 4.71. The molecule has 0 N–H and O–H groups in total. The van der Waals surface area contributed by atoms with Gasteiger partial charge >= 0.3 is 0 Å². The zero-order chi connectivity index (χ0) is 15.6. The minimum atomic E-state index is 0.445. The van der Waals surface area contributed by atoms with Gasteiger partial charge in [-0.1, -0.05) is 89.9 Å². The fourth-order valence-electron chi connectivity index (χ4n) is 3.45. The number of benzene rings is 3. The summed E-state index contributed by atoms with van der Waals surface area (Å²) in [7, 11) is 0. The van der Waals surface area contributed by atoms with Crippen LogP contribution in [0.5, 0.6) is 0 Å². The lowest BCUT2D eigenvalue weighted by atomic mass is 9.39. The van der Waals surface area contributed by atoms with Crippen molar-refractivity contribution < 1.29 is 0 Å². The van der Waals surface area contributed by atoms with E-state index >= 15 is 0 Å². The first-order chi connectivity index (χ1) is 11.3. The minimum Gasteiger partial charge on any atom is -0.101 e. The summed E-state index contributed by atoms with van der Waals surface area (Å²) in [6.07, 6.45) is 1.08. The Morgan fingerprint density at radius 1 is 0.739 bits per heavy atom. The molecule has 1 aliphatic heterocycles. The Labute approximate surface area is 138 Å². The molecule has 0 atom stereocenters. The lowest BCUT2D eigenvalue weighted by molar-refractivity contribution is 1.32. The van der Waals surface area contributed by atoms with E-state index in [-0.39, 0.29) is 0 Å². The van der Waals surface area contributed by atoms with Gasteiger partial charge < -0.3 is 0 Å². The summed E-state index contributed by atoms with van der Waals surface area (Å²) >= 11 is 0. The topological polar surface area (TPSA) is 0 Å². The fourth-order valence-corrected chi connectivity index (χ4v) is 3.45. The van der Waals surface area contributed by atoms with Crippen molar-refractivity contribution in [2.24, 2.45) is 0 Å². The van der Waals surface area contributed by atoms with Crippen molar-refractivity contribution in [3.8, 4) is 0 Å². The highest BCUT2D eigenvalue weighted by atomic mass is 14.1. The highest BCUT2D eigenvalue weighted by Crippen LogP contribution is 2.31. The van der Waals surface area contributed by atoms with E-state index in [1.807, 2.05) is 0 Å². The molecule has 0 unspecified atom stereocenters. The van der Waals surface area contributed by atoms with Gasteiger partial charge in [-0.05, 0) is 35.5 Å². The molecular formula is C22H19B. The molecule has 1 heteroatoms. The molecule has 0 nitrogen and oxygen atoms in total. The van der Waals surface area contributed by atoms with Crippen molar-refractivity contribution in [3.05, 3.63) is 107 Å². The zero-order valence-electron chi connectivity index (χ0n) is 13.4. The smallest absolute Gasteiger partial charge is 0.101 e.